The minimum absolute atomic E-state index is 0.0980. The molecule has 10 nitrogen and oxygen atoms in total. The first-order chi connectivity index (χ1) is 17.3. The van der Waals surface area contributed by atoms with Crippen molar-refractivity contribution in [3.05, 3.63) is 0 Å². The third-order valence-corrected chi connectivity index (χ3v) is 8.01. The third-order valence-electron chi connectivity index (χ3n) is 8.01. The monoisotopic (exact) mass is 507 g/mol. The number of carbonyl (C=O) groups is 3. The number of amides is 3. The molecule has 0 aromatic rings. The predicted molar refractivity (Wildman–Crippen MR) is 136 cm³/mol. The molecule has 1 aliphatic heterocycles. The van der Waals surface area contributed by atoms with Crippen molar-refractivity contribution in [1.82, 2.24) is 15.5 Å². The number of hydrogen-bond donors (Lipinski definition) is 4. The van der Waals surface area contributed by atoms with Crippen molar-refractivity contribution < 1.29 is 24.3 Å². The van der Waals surface area contributed by atoms with Crippen molar-refractivity contribution in [2.75, 3.05) is 13.1 Å². The van der Waals surface area contributed by atoms with E-state index in [0.29, 0.717) is 37.8 Å². The summed E-state index contributed by atoms with van der Waals surface area (Å²) in [5.41, 5.74) is 5.74. The molecule has 2 saturated carbocycles. The molecule has 3 fully saturated rings. The summed E-state index contributed by atoms with van der Waals surface area (Å²) in [6, 6.07) is -1.19. The third kappa shape index (κ3) is 8.00. The van der Waals surface area contributed by atoms with Crippen molar-refractivity contribution in [2.45, 2.75) is 109 Å². The van der Waals surface area contributed by atoms with Gasteiger partial charge in [0, 0.05) is 19.0 Å². The lowest BCUT2D eigenvalue weighted by atomic mass is 9.81. The van der Waals surface area contributed by atoms with Gasteiger partial charge in [-0.05, 0) is 70.6 Å². The van der Waals surface area contributed by atoms with Crippen LogP contribution in [0.2, 0.25) is 0 Å². The first-order valence-corrected chi connectivity index (χ1v) is 13.8. The van der Waals surface area contributed by atoms with Crippen molar-refractivity contribution >= 4 is 23.7 Å². The SMILES string of the molecule is CC(C)OC(=O)N[C@H](CC1CCCCC1)C(=O)N1CCC[C@H]1C(=O)NCC1CCC(C(N)=NO)CC1. The number of nitrogens with one attached hydrogen (secondary N) is 2. The lowest BCUT2D eigenvalue weighted by molar-refractivity contribution is -0.140. The Hall–Kier alpha value is -2.52. The molecule has 0 bridgehead atoms. The van der Waals surface area contributed by atoms with Crippen LogP contribution >= 0.6 is 0 Å². The highest BCUT2D eigenvalue weighted by Crippen LogP contribution is 2.30. The molecule has 5 N–H and O–H groups in total. The summed E-state index contributed by atoms with van der Waals surface area (Å²) in [6.45, 7) is 4.63. The molecule has 36 heavy (non-hydrogen) atoms. The first-order valence-electron chi connectivity index (χ1n) is 13.8. The van der Waals surface area contributed by atoms with E-state index < -0.39 is 18.2 Å². The number of oxime groups is 1. The number of rotatable bonds is 9. The molecule has 2 atom stereocenters. The van der Waals surface area contributed by atoms with Gasteiger partial charge in [0.25, 0.3) is 0 Å². The lowest BCUT2D eigenvalue weighted by Crippen LogP contribution is -2.54. The lowest BCUT2D eigenvalue weighted by Gasteiger charge is -2.32. The van der Waals surface area contributed by atoms with E-state index in [0.717, 1.165) is 57.8 Å². The van der Waals surface area contributed by atoms with Crippen LogP contribution in [0.25, 0.3) is 0 Å². The first kappa shape index (κ1) is 28.1. The van der Waals surface area contributed by atoms with Crippen LogP contribution < -0.4 is 16.4 Å². The Balaban J connectivity index is 1.56. The summed E-state index contributed by atoms with van der Waals surface area (Å²) >= 11 is 0. The van der Waals surface area contributed by atoms with Gasteiger partial charge in [0.15, 0.2) is 0 Å². The van der Waals surface area contributed by atoms with Crippen LogP contribution in [0, 0.1) is 17.8 Å². The van der Waals surface area contributed by atoms with Gasteiger partial charge in [0.2, 0.25) is 11.8 Å². The predicted octanol–water partition coefficient (Wildman–Crippen LogP) is 3.12. The molecule has 204 valence electrons. The highest BCUT2D eigenvalue weighted by molar-refractivity contribution is 5.92. The molecule has 3 amide bonds. The van der Waals surface area contributed by atoms with E-state index in [-0.39, 0.29) is 29.7 Å². The van der Waals surface area contributed by atoms with Crippen LogP contribution in [0.3, 0.4) is 0 Å². The Morgan fingerprint density at radius 1 is 1.00 bits per heavy atom. The zero-order valence-electron chi connectivity index (χ0n) is 21.9. The molecule has 1 heterocycles. The smallest absolute Gasteiger partial charge is 0.408 e. The van der Waals surface area contributed by atoms with Gasteiger partial charge in [-0.3, -0.25) is 9.59 Å². The van der Waals surface area contributed by atoms with Gasteiger partial charge < -0.3 is 31.2 Å². The second-order valence-electron chi connectivity index (χ2n) is 11.1. The maximum absolute atomic E-state index is 13.6. The van der Waals surface area contributed by atoms with Crippen LogP contribution in [0.1, 0.15) is 90.9 Å². The van der Waals surface area contributed by atoms with Crippen molar-refractivity contribution in [3.8, 4) is 0 Å². The van der Waals surface area contributed by atoms with Gasteiger partial charge in [-0.2, -0.15) is 0 Å². The molecule has 1 saturated heterocycles. The Bertz CT molecular complexity index is 775. The van der Waals surface area contributed by atoms with Gasteiger partial charge in [-0.15, -0.1) is 0 Å². The van der Waals surface area contributed by atoms with Crippen LogP contribution in [-0.4, -0.2) is 65.1 Å². The molecule has 0 spiro atoms. The number of ether oxygens (including phenoxy) is 1. The fourth-order valence-corrected chi connectivity index (χ4v) is 5.98. The van der Waals surface area contributed by atoms with Gasteiger partial charge in [0.05, 0.1) is 6.10 Å². The number of nitrogens with zero attached hydrogens (tertiary/aromatic N) is 2. The van der Waals surface area contributed by atoms with Gasteiger partial charge in [-0.1, -0.05) is 37.3 Å². The molecule has 10 heteroatoms. The topological polar surface area (TPSA) is 146 Å². The van der Waals surface area contributed by atoms with E-state index in [1.165, 1.54) is 6.42 Å². The number of likely N-dealkylation sites (tertiary alicyclic amines) is 1. The minimum atomic E-state index is -0.679. The molecule has 0 unspecified atom stereocenters. The number of carbonyl (C=O) groups excluding carboxylic acids is 3. The van der Waals surface area contributed by atoms with Gasteiger partial charge in [0.1, 0.15) is 17.9 Å². The summed E-state index contributed by atoms with van der Waals surface area (Å²) in [6.07, 6.45) is 10.2. The van der Waals surface area contributed by atoms with Crippen molar-refractivity contribution in [1.29, 1.82) is 0 Å². The summed E-state index contributed by atoms with van der Waals surface area (Å²) in [5, 5.41) is 17.9. The highest BCUT2D eigenvalue weighted by Gasteiger charge is 2.39. The van der Waals surface area contributed by atoms with Gasteiger partial charge in [-0.25, -0.2) is 4.79 Å². The quantitative estimate of drug-likeness (QED) is 0.163. The fraction of sp³-hybridized carbons (Fsp3) is 0.846. The number of amidine groups is 1. The Labute approximate surface area is 214 Å². The second kappa shape index (κ2) is 13.7. The zero-order valence-corrected chi connectivity index (χ0v) is 21.9. The molecule has 2 aliphatic carbocycles. The zero-order chi connectivity index (χ0) is 26.1. The summed E-state index contributed by atoms with van der Waals surface area (Å²) in [5.74, 6) is 0.807. The van der Waals surface area contributed by atoms with Crippen molar-refractivity contribution in [3.63, 3.8) is 0 Å². The average molecular weight is 508 g/mol. The molecule has 3 rings (SSSR count). The Morgan fingerprint density at radius 2 is 1.69 bits per heavy atom. The molecular formula is C26H45N5O5. The average Bonchev–Trinajstić information content (AvgIpc) is 3.36. The van der Waals surface area contributed by atoms with E-state index in [2.05, 4.69) is 15.8 Å². The van der Waals surface area contributed by atoms with Crippen LogP contribution in [-0.2, 0) is 14.3 Å². The van der Waals surface area contributed by atoms with Gasteiger partial charge >= 0.3 is 6.09 Å². The molecule has 3 aliphatic rings. The maximum Gasteiger partial charge on any atom is 0.408 e. The van der Waals surface area contributed by atoms with E-state index >= 15 is 0 Å². The van der Waals surface area contributed by atoms with Crippen LogP contribution in [0.4, 0.5) is 4.79 Å². The molecule has 0 radical (unpaired) electrons. The van der Waals surface area contributed by atoms with Crippen LogP contribution in [0.15, 0.2) is 5.16 Å². The molecular weight excluding hydrogens is 462 g/mol. The fourth-order valence-electron chi connectivity index (χ4n) is 5.98. The summed E-state index contributed by atoms with van der Waals surface area (Å²) < 4.78 is 5.26. The number of alkyl carbamates (subject to hydrolysis) is 1. The minimum Gasteiger partial charge on any atom is -0.447 e. The Kier molecular flexibility index (Phi) is 10.7. The van der Waals surface area contributed by atoms with Crippen LogP contribution in [0.5, 0.6) is 0 Å². The van der Waals surface area contributed by atoms with E-state index in [4.69, 9.17) is 15.7 Å². The highest BCUT2D eigenvalue weighted by atomic mass is 16.6. The largest absolute Gasteiger partial charge is 0.447 e. The normalized spacial score (nSPS) is 26.5. The molecule has 0 aromatic carbocycles. The number of nitrogens with two attached hydrogens (primary N) is 1. The van der Waals surface area contributed by atoms with E-state index in [9.17, 15) is 14.4 Å². The van der Waals surface area contributed by atoms with Crippen molar-refractivity contribution in [2.24, 2.45) is 28.6 Å². The number of hydrogen-bond acceptors (Lipinski definition) is 6. The van der Waals surface area contributed by atoms with E-state index in [1.807, 2.05) is 0 Å². The Morgan fingerprint density at radius 3 is 2.33 bits per heavy atom. The molecule has 0 aromatic heterocycles. The maximum atomic E-state index is 13.6. The summed E-state index contributed by atoms with van der Waals surface area (Å²) in [7, 11) is 0. The van der Waals surface area contributed by atoms with E-state index in [1.54, 1.807) is 18.7 Å². The standard InChI is InChI=1S/C26H45N5O5/c1-17(2)36-26(34)29-21(15-18-7-4-3-5-8-18)25(33)31-14-6-9-22(31)24(32)28-16-19-10-12-20(13-11-19)23(27)30-35/h17-22,35H,3-16H2,1-2H3,(H2,27,30)(H,28,32)(H,29,34)/t19?,20?,21-,22+/m1/s1. The summed E-state index contributed by atoms with van der Waals surface area (Å²) in [4.78, 5) is 40.8. The second-order valence-corrected chi connectivity index (χ2v) is 11.1.